The highest BCUT2D eigenvalue weighted by molar-refractivity contribution is 5.77. The average Bonchev–Trinajstić information content (AvgIpc) is 2.36. The summed E-state index contributed by atoms with van der Waals surface area (Å²) >= 11 is 0. The van der Waals surface area contributed by atoms with Crippen LogP contribution in [0.2, 0.25) is 0 Å². The highest BCUT2D eigenvalue weighted by Crippen LogP contribution is 2.20. The molecule has 0 saturated heterocycles. The van der Waals surface area contributed by atoms with E-state index in [1.54, 1.807) is 24.3 Å². The fourth-order valence-corrected chi connectivity index (χ4v) is 1.71. The third kappa shape index (κ3) is 3.11. The minimum atomic E-state index is -0.821. The first kappa shape index (κ1) is 12.6. The molecule has 2 aromatic rings. The van der Waals surface area contributed by atoms with Crippen LogP contribution < -0.4 is 10.4 Å². The minimum Gasteiger partial charge on any atom is -0.465 e. The lowest BCUT2D eigenvalue weighted by molar-refractivity contribution is -0.0242. The van der Waals surface area contributed by atoms with Crippen molar-refractivity contribution >= 4 is 11.0 Å². The smallest absolute Gasteiger partial charge is 0.336 e. The molecule has 0 radical (unpaired) electrons. The fraction of sp³-hybridized carbons (Fsp3) is 0.357. The van der Waals surface area contributed by atoms with E-state index in [2.05, 4.69) is 6.92 Å². The molecule has 4 nitrogen and oxygen atoms in total. The Morgan fingerprint density at radius 1 is 1.33 bits per heavy atom. The van der Waals surface area contributed by atoms with Gasteiger partial charge in [0.2, 0.25) is 0 Å². The maximum atomic E-state index is 11.1. The third-order valence-corrected chi connectivity index (χ3v) is 2.67. The summed E-state index contributed by atoms with van der Waals surface area (Å²) in [5.41, 5.74) is 0.0638. The van der Waals surface area contributed by atoms with E-state index in [-0.39, 0.29) is 0 Å². The average molecular weight is 248 g/mol. The second kappa shape index (κ2) is 5.69. The van der Waals surface area contributed by atoms with E-state index >= 15 is 0 Å². The zero-order valence-electron chi connectivity index (χ0n) is 10.3. The Kier molecular flexibility index (Phi) is 3.99. The van der Waals surface area contributed by atoms with Crippen LogP contribution in [0.4, 0.5) is 0 Å². The van der Waals surface area contributed by atoms with Crippen LogP contribution >= 0.6 is 0 Å². The zero-order chi connectivity index (χ0) is 13.0. The number of benzene rings is 1. The number of aliphatic hydroxyl groups excluding tert-OH is 1. The van der Waals surface area contributed by atoms with Gasteiger partial charge in [-0.2, -0.15) is 0 Å². The Balaban J connectivity index is 2.16. The zero-order valence-corrected chi connectivity index (χ0v) is 10.3. The van der Waals surface area contributed by atoms with Crippen LogP contribution in [0.1, 0.15) is 26.2 Å². The normalized spacial score (nSPS) is 12.6. The van der Waals surface area contributed by atoms with Gasteiger partial charge in [0.1, 0.15) is 11.3 Å². The number of aliphatic hydroxyl groups is 1. The van der Waals surface area contributed by atoms with Crippen LogP contribution in [0.25, 0.3) is 11.0 Å². The van der Waals surface area contributed by atoms with Crippen molar-refractivity contribution in [3.8, 4) is 5.75 Å². The second-order valence-electron chi connectivity index (χ2n) is 4.17. The van der Waals surface area contributed by atoms with Crippen LogP contribution in [0.15, 0.2) is 39.5 Å². The molecule has 1 aromatic carbocycles. The molecule has 0 amide bonds. The Bertz CT molecular complexity index is 573. The summed E-state index contributed by atoms with van der Waals surface area (Å²) in [6.07, 6.45) is 1.68. The van der Waals surface area contributed by atoms with Gasteiger partial charge >= 0.3 is 5.63 Å². The maximum Gasteiger partial charge on any atom is 0.336 e. The topological polar surface area (TPSA) is 59.7 Å². The molecule has 1 N–H and O–H groups in total. The Morgan fingerprint density at radius 3 is 2.89 bits per heavy atom. The molecule has 0 bridgehead atoms. The summed E-state index contributed by atoms with van der Waals surface area (Å²) in [5.74, 6) is 0.500. The number of fused-ring (bicyclic) bond motifs is 1. The van der Waals surface area contributed by atoms with Crippen molar-refractivity contribution in [3.63, 3.8) is 0 Å². The lowest BCUT2D eigenvalue weighted by atomic mass is 10.2. The van der Waals surface area contributed by atoms with Gasteiger partial charge in [0, 0.05) is 23.9 Å². The van der Waals surface area contributed by atoms with E-state index in [4.69, 9.17) is 9.15 Å². The number of rotatable bonds is 5. The summed E-state index contributed by atoms with van der Waals surface area (Å²) in [5, 5.41) is 10.5. The number of hydrogen-bond donors (Lipinski definition) is 1. The molecule has 1 heterocycles. The van der Waals surface area contributed by atoms with Crippen LogP contribution in [0.3, 0.4) is 0 Å². The second-order valence-corrected chi connectivity index (χ2v) is 4.17. The highest BCUT2D eigenvalue weighted by Gasteiger charge is 2.06. The van der Waals surface area contributed by atoms with Gasteiger partial charge in [0.05, 0.1) is 0 Å². The van der Waals surface area contributed by atoms with Gasteiger partial charge < -0.3 is 14.3 Å². The predicted octanol–water partition coefficient (Wildman–Crippen LogP) is 2.68. The van der Waals surface area contributed by atoms with Gasteiger partial charge in [-0.3, -0.25) is 0 Å². The van der Waals surface area contributed by atoms with Crippen molar-refractivity contribution in [3.05, 3.63) is 40.8 Å². The Morgan fingerprint density at radius 2 is 2.11 bits per heavy atom. The van der Waals surface area contributed by atoms with E-state index in [0.717, 1.165) is 18.2 Å². The van der Waals surface area contributed by atoms with Crippen LogP contribution in [0.5, 0.6) is 5.75 Å². The van der Waals surface area contributed by atoms with Crippen LogP contribution in [-0.4, -0.2) is 11.4 Å². The number of hydrogen-bond acceptors (Lipinski definition) is 4. The molecular weight excluding hydrogens is 232 g/mol. The lowest BCUT2D eigenvalue weighted by Gasteiger charge is -2.13. The fourth-order valence-electron chi connectivity index (χ4n) is 1.71. The van der Waals surface area contributed by atoms with E-state index in [1.165, 1.54) is 6.07 Å². The van der Waals surface area contributed by atoms with Gasteiger partial charge in [-0.25, -0.2) is 4.79 Å². The monoisotopic (exact) mass is 248 g/mol. The molecule has 2 rings (SSSR count). The van der Waals surface area contributed by atoms with Crippen molar-refractivity contribution in [1.29, 1.82) is 0 Å². The molecule has 1 aromatic heterocycles. The van der Waals surface area contributed by atoms with E-state index in [1.807, 2.05) is 0 Å². The molecule has 1 unspecified atom stereocenters. The summed E-state index contributed by atoms with van der Waals surface area (Å²) in [7, 11) is 0. The van der Waals surface area contributed by atoms with Gasteiger partial charge in [0.15, 0.2) is 6.29 Å². The Labute approximate surface area is 105 Å². The molecule has 0 spiro atoms. The summed E-state index contributed by atoms with van der Waals surface area (Å²) in [6.45, 7) is 2.05. The lowest BCUT2D eigenvalue weighted by Crippen LogP contribution is -2.15. The van der Waals surface area contributed by atoms with E-state index in [0.29, 0.717) is 17.8 Å². The minimum absolute atomic E-state index is 0.397. The summed E-state index contributed by atoms with van der Waals surface area (Å²) in [4.78, 5) is 11.1. The van der Waals surface area contributed by atoms with E-state index < -0.39 is 11.9 Å². The molecule has 18 heavy (non-hydrogen) atoms. The SMILES string of the molecule is CCCCC(O)Oc1ccc2ccc(=O)oc2c1. The largest absolute Gasteiger partial charge is 0.465 e. The standard InChI is InChI=1S/C14H16O4/c1-2-3-4-13(15)17-11-7-5-10-6-8-14(16)18-12(10)9-11/h5-9,13,15H,2-4H2,1H3. The van der Waals surface area contributed by atoms with Gasteiger partial charge in [0.25, 0.3) is 0 Å². The first-order valence-electron chi connectivity index (χ1n) is 6.07. The molecule has 0 saturated carbocycles. The molecule has 0 aliphatic carbocycles. The van der Waals surface area contributed by atoms with Gasteiger partial charge in [-0.05, 0) is 24.6 Å². The number of ether oxygens (including phenoxy) is 1. The van der Waals surface area contributed by atoms with Gasteiger partial charge in [-0.15, -0.1) is 0 Å². The van der Waals surface area contributed by atoms with Gasteiger partial charge in [-0.1, -0.05) is 13.3 Å². The molecule has 0 fully saturated rings. The third-order valence-electron chi connectivity index (χ3n) is 2.67. The predicted molar refractivity (Wildman–Crippen MR) is 68.6 cm³/mol. The highest BCUT2D eigenvalue weighted by atomic mass is 16.6. The maximum absolute atomic E-state index is 11.1. The van der Waals surface area contributed by atoms with Crippen molar-refractivity contribution in [2.24, 2.45) is 0 Å². The first-order chi connectivity index (χ1) is 8.69. The van der Waals surface area contributed by atoms with Crippen molar-refractivity contribution in [2.75, 3.05) is 0 Å². The van der Waals surface area contributed by atoms with Crippen LogP contribution in [-0.2, 0) is 0 Å². The van der Waals surface area contributed by atoms with Crippen molar-refractivity contribution in [1.82, 2.24) is 0 Å². The first-order valence-corrected chi connectivity index (χ1v) is 6.07. The molecule has 0 aliphatic heterocycles. The molecule has 0 aliphatic rings. The van der Waals surface area contributed by atoms with Crippen molar-refractivity contribution < 1.29 is 14.3 Å². The molecule has 96 valence electrons. The van der Waals surface area contributed by atoms with Crippen molar-refractivity contribution in [2.45, 2.75) is 32.5 Å². The molecule has 1 atom stereocenters. The van der Waals surface area contributed by atoms with E-state index in [9.17, 15) is 9.90 Å². The molecule has 4 heteroatoms. The van der Waals surface area contributed by atoms with Crippen LogP contribution in [0, 0.1) is 0 Å². The molecular formula is C14H16O4. The summed E-state index contributed by atoms with van der Waals surface area (Å²) in [6, 6.07) is 8.22. The number of unbranched alkanes of at least 4 members (excludes halogenated alkanes) is 1. The quantitative estimate of drug-likeness (QED) is 0.652. The Hall–Kier alpha value is -1.81. The summed E-state index contributed by atoms with van der Waals surface area (Å²) < 4.78 is 10.4.